The fourth-order valence-electron chi connectivity index (χ4n) is 2.54. The van der Waals surface area contributed by atoms with Crippen LogP contribution in [0.5, 0.6) is 0 Å². The number of nitrogen functional groups attached to an aromatic ring is 1. The number of benzene rings is 1. The Kier molecular flexibility index (Phi) is 3.08. The lowest BCUT2D eigenvalue weighted by Gasteiger charge is -2.18. The molecule has 2 aromatic heterocycles. The number of nitrogens with zero attached hydrogens (tertiary/aromatic N) is 3. The van der Waals surface area contributed by atoms with E-state index >= 15 is 0 Å². The molecule has 3 aromatic rings. The van der Waals surface area contributed by atoms with E-state index in [9.17, 15) is 0 Å². The van der Waals surface area contributed by atoms with Gasteiger partial charge in [-0.2, -0.15) is 4.98 Å². The van der Waals surface area contributed by atoms with Gasteiger partial charge < -0.3 is 15.0 Å². The largest absolute Gasteiger partial charge is 0.381 e. The van der Waals surface area contributed by atoms with Crippen molar-refractivity contribution in [3.05, 3.63) is 24.0 Å². The molecule has 1 saturated heterocycles. The van der Waals surface area contributed by atoms with Crippen molar-refractivity contribution in [2.45, 2.75) is 18.8 Å². The summed E-state index contributed by atoms with van der Waals surface area (Å²) in [4.78, 5) is 8.75. The summed E-state index contributed by atoms with van der Waals surface area (Å²) in [7, 11) is 0. The van der Waals surface area contributed by atoms with E-state index in [2.05, 4.69) is 15.1 Å². The first-order valence-corrected chi connectivity index (χ1v) is 7.69. The fraction of sp³-hybridized carbons (Fsp3) is 0.357. The molecule has 1 aromatic carbocycles. The van der Waals surface area contributed by atoms with E-state index in [0.717, 1.165) is 41.1 Å². The van der Waals surface area contributed by atoms with Crippen molar-refractivity contribution < 1.29 is 9.26 Å². The third kappa shape index (κ3) is 2.38. The van der Waals surface area contributed by atoms with Crippen LogP contribution < -0.4 is 5.73 Å². The van der Waals surface area contributed by atoms with Crippen LogP contribution in [-0.2, 0) is 4.74 Å². The highest BCUT2D eigenvalue weighted by molar-refractivity contribution is 7.22. The number of hydrogen-bond acceptors (Lipinski definition) is 7. The monoisotopic (exact) mass is 302 g/mol. The third-order valence-corrected chi connectivity index (χ3v) is 4.47. The maximum absolute atomic E-state index is 5.72. The Hall–Kier alpha value is -1.99. The van der Waals surface area contributed by atoms with Crippen LogP contribution in [0.4, 0.5) is 5.13 Å². The molecule has 21 heavy (non-hydrogen) atoms. The number of aromatic nitrogens is 3. The van der Waals surface area contributed by atoms with Crippen LogP contribution in [0.1, 0.15) is 24.6 Å². The lowest BCUT2D eigenvalue weighted by molar-refractivity contribution is 0.0773. The number of rotatable bonds is 2. The smallest absolute Gasteiger partial charge is 0.257 e. The second-order valence-electron chi connectivity index (χ2n) is 5.11. The Morgan fingerprint density at radius 2 is 2.24 bits per heavy atom. The number of ether oxygens (including phenoxy) is 1. The number of hydrogen-bond donors (Lipinski definition) is 1. The number of fused-ring (bicyclic) bond motifs is 1. The second-order valence-corrected chi connectivity index (χ2v) is 6.17. The average molecular weight is 302 g/mol. The molecule has 1 unspecified atom stereocenters. The maximum atomic E-state index is 5.72. The zero-order valence-electron chi connectivity index (χ0n) is 11.3. The molecular weight excluding hydrogens is 288 g/mol. The van der Waals surface area contributed by atoms with Crippen molar-refractivity contribution in [1.29, 1.82) is 0 Å². The molecule has 2 N–H and O–H groups in total. The SMILES string of the molecule is Nc1nc2ccc(-c3nc(C4CCCOC4)no3)cc2s1. The average Bonchev–Trinajstić information content (AvgIpc) is 3.12. The van der Waals surface area contributed by atoms with E-state index in [0.29, 0.717) is 17.6 Å². The molecule has 1 atom stereocenters. The number of anilines is 1. The molecule has 0 spiro atoms. The van der Waals surface area contributed by atoms with Gasteiger partial charge in [-0.25, -0.2) is 4.98 Å². The van der Waals surface area contributed by atoms with Crippen LogP contribution in [0, 0.1) is 0 Å². The van der Waals surface area contributed by atoms with Gasteiger partial charge in [0.05, 0.1) is 16.8 Å². The zero-order chi connectivity index (χ0) is 14.2. The highest BCUT2D eigenvalue weighted by Crippen LogP contribution is 2.30. The molecule has 1 aliphatic heterocycles. The van der Waals surface area contributed by atoms with Gasteiger partial charge in [-0.15, -0.1) is 0 Å². The molecule has 7 heteroatoms. The summed E-state index contributed by atoms with van der Waals surface area (Å²) in [5, 5.41) is 4.66. The summed E-state index contributed by atoms with van der Waals surface area (Å²) >= 11 is 1.45. The molecule has 0 radical (unpaired) electrons. The Morgan fingerprint density at radius 3 is 3.10 bits per heavy atom. The van der Waals surface area contributed by atoms with Crippen molar-refractivity contribution >= 4 is 26.7 Å². The lowest BCUT2D eigenvalue weighted by Crippen LogP contribution is -2.16. The Bertz CT molecular complexity index is 776. The number of thiazole rings is 1. The van der Waals surface area contributed by atoms with Gasteiger partial charge in [-0.05, 0) is 31.0 Å². The van der Waals surface area contributed by atoms with Crippen LogP contribution in [0.25, 0.3) is 21.7 Å². The predicted octanol–water partition coefficient (Wildman–Crippen LogP) is 2.82. The molecule has 0 aliphatic carbocycles. The predicted molar refractivity (Wildman–Crippen MR) is 80.1 cm³/mol. The fourth-order valence-corrected chi connectivity index (χ4v) is 3.31. The van der Waals surface area contributed by atoms with Crippen LogP contribution in [0.3, 0.4) is 0 Å². The molecule has 0 bridgehead atoms. The minimum absolute atomic E-state index is 0.235. The van der Waals surface area contributed by atoms with Gasteiger partial charge in [-0.3, -0.25) is 0 Å². The topological polar surface area (TPSA) is 87.1 Å². The molecule has 4 rings (SSSR count). The molecule has 3 heterocycles. The zero-order valence-corrected chi connectivity index (χ0v) is 12.1. The third-order valence-electron chi connectivity index (χ3n) is 3.62. The van der Waals surface area contributed by atoms with Gasteiger partial charge in [0.15, 0.2) is 11.0 Å². The van der Waals surface area contributed by atoms with E-state index in [1.165, 1.54) is 11.3 Å². The molecule has 1 fully saturated rings. The first kappa shape index (κ1) is 12.7. The number of nitrogens with two attached hydrogens (primary N) is 1. The summed E-state index contributed by atoms with van der Waals surface area (Å²) in [6.07, 6.45) is 2.09. The van der Waals surface area contributed by atoms with Crippen LogP contribution >= 0.6 is 11.3 Å². The van der Waals surface area contributed by atoms with Gasteiger partial charge in [0, 0.05) is 18.1 Å². The van der Waals surface area contributed by atoms with Gasteiger partial charge in [0.1, 0.15) is 0 Å². The van der Waals surface area contributed by atoms with Crippen LogP contribution in [0.2, 0.25) is 0 Å². The van der Waals surface area contributed by atoms with E-state index < -0.39 is 0 Å². The van der Waals surface area contributed by atoms with Crippen LogP contribution in [0.15, 0.2) is 22.7 Å². The Balaban J connectivity index is 1.66. The highest BCUT2D eigenvalue weighted by atomic mass is 32.1. The summed E-state index contributed by atoms with van der Waals surface area (Å²) in [5.74, 6) is 1.50. The molecule has 1 aliphatic rings. The highest BCUT2D eigenvalue weighted by Gasteiger charge is 2.22. The lowest BCUT2D eigenvalue weighted by atomic mass is 10.0. The van der Waals surface area contributed by atoms with Crippen molar-refractivity contribution in [2.24, 2.45) is 0 Å². The van der Waals surface area contributed by atoms with Crippen molar-refractivity contribution in [1.82, 2.24) is 15.1 Å². The van der Waals surface area contributed by atoms with E-state index in [1.807, 2.05) is 18.2 Å². The van der Waals surface area contributed by atoms with E-state index in [1.54, 1.807) is 0 Å². The summed E-state index contributed by atoms with van der Waals surface area (Å²) in [6, 6.07) is 5.83. The first-order valence-electron chi connectivity index (χ1n) is 6.87. The quantitative estimate of drug-likeness (QED) is 0.783. The van der Waals surface area contributed by atoms with Gasteiger partial charge in [0.2, 0.25) is 0 Å². The van der Waals surface area contributed by atoms with Gasteiger partial charge in [-0.1, -0.05) is 16.5 Å². The first-order chi connectivity index (χ1) is 10.3. The molecule has 6 nitrogen and oxygen atoms in total. The Morgan fingerprint density at radius 1 is 1.29 bits per heavy atom. The van der Waals surface area contributed by atoms with Gasteiger partial charge >= 0.3 is 0 Å². The standard InChI is InChI=1S/C14H14N4O2S/c15-14-16-10-4-3-8(6-11(10)21-14)13-17-12(18-20-13)9-2-1-5-19-7-9/h3-4,6,9H,1-2,5,7H2,(H2,15,16). The van der Waals surface area contributed by atoms with E-state index in [-0.39, 0.29) is 5.92 Å². The van der Waals surface area contributed by atoms with Gasteiger partial charge in [0.25, 0.3) is 5.89 Å². The van der Waals surface area contributed by atoms with Crippen molar-refractivity contribution in [3.63, 3.8) is 0 Å². The summed E-state index contributed by atoms with van der Waals surface area (Å²) in [6.45, 7) is 1.49. The second kappa shape index (κ2) is 5.09. The molecule has 108 valence electrons. The van der Waals surface area contributed by atoms with Crippen molar-refractivity contribution in [2.75, 3.05) is 18.9 Å². The minimum atomic E-state index is 0.235. The van der Waals surface area contributed by atoms with E-state index in [4.69, 9.17) is 15.0 Å². The summed E-state index contributed by atoms with van der Waals surface area (Å²) in [5.41, 5.74) is 7.50. The van der Waals surface area contributed by atoms with Crippen molar-refractivity contribution in [3.8, 4) is 11.5 Å². The molecule has 0 amide bonds. The van der Waals surface area contributed by atoms with Crippen LogP contribution in [-0.4, -0.2) is 28.3 Å². The molecule has 0 saturated carbocycles. The maximum Gasteiger partial charge on any atom is 0.257 e. The molecular formula is C14H14N4O2S. The summed E-state index contributed by atoms with van der Waals surface area (Å²) < 4.78 is 11.9. The normalized spacial score (nSPS) is 19.1. The Labute approximate surface area is 124 Å². The minimum Gasteiger partial charge on any atom is -0.381 e.